The maximum atomic E-state index is 9.28. The summed E-state index contributed by atoms with van der Waals surface area (Å²) in [6.45, 7) is 1.61. The number of rotatable bonds is 8. The number of pyridine rings is 1. The standard InChI is InChI=1S/C55H37N4.Pt/c1-4-18-41(19-5-1)44-36-48(42-20-6-2-7-21-42)55(49(37-44)43-22-8-3-9-23-43)58-38-57(51-27-12-13-28-52(51)58)45-24-16-17-39(34-45)33-40-30-31-47-46-25-10-11-26-50(46)59(53(47)35-40)54-29-14-15-32-56-54;/h1-32,36-38H,33H2;/q-3;/i1D,2D,3D,4D,5D,6D,7D,8D,9D,10D,11D,18D,19D,20D,21D,22D,23D,25D,26D;. The third-order valence-electron chi connectivity index (χ3n) is 10.0. The van der Waals surface area contributed by atoms with Crippen molar-refractivity contribution in [2.24, 2.45) is 0 Å². The number of benzene rings is 8. The average Bonchev–Trinajstić information content (AvgIpc) is 4.20. The van der Waals surface area contributed by atoms with Gasteiger partial charge in [-0.1, -0.05) is 132 Å². The Balaban J connectivity index is 0.00000704. The first-order valence-electron chi connectivity index (χ1n) is 27.9. The SMILES string of the molecule is [2H]c1c([2H])c([2H])c(-c2cc(-c3c([2H])c([2H])c([2H])c([2H])c3[2H])c(N3[CH-]N(c4[c-]c(Cc5[c-]c6c(cc5)c5c([2H])c([2H])c([2H])c([2H])c5n6-c5ccccn5)ccc4)c4ccccc43)c(-c3c([2H])c([2H])c([2H])c([2H])c3[2H])c2)c([2H])c1[2H].[Pt]. The molecule has 11 rings (SSSR count). The molecule has 0 fully saturated rings. The van der Waals surface area contributed by atoms with Crippen LogP contribution in [0.25, 0.3) is 61.0 Å². The molecule has 3 heterocycles. The molecule has 4 nitrogen and oxygen atoms in total. The zero-order valence-corrected chi connectivity index (χ0v) is 33.3. The van der Waals surface area contributed by atoms with Crippen molar-refractivity contribution < 1.29 is 47.1 Å². The van der Waals surface area contributed by atoms with Crippen molar-refractivity contribution in [1.29, 1.82) is 0 Å². The van der Waals surface area contributed by atoms with E-state index in [1.54, 1.807) is 87.9 Å². The molecule has 0 atom stereocenters. The van der Waals surface area contributed by atoms with Crippen molar-refractivity contribution in [2.75, 3.05) is 9.80 Å². The zero-order valence-electron chi connectivity index (χ0n) is 50.0. The van der Waals surface area contributed by atoms with Gasteiger partial charge in [0.05, 0.1) is 26.0 Å². The average molecular weight is 968 g/mol. The summed E-state index contributed by atoms with van der Waals surface area (Å²) in [4.78, 5) is 7.87. The summed E-state index contributed by atoms with van der Waals surface area (Å²) in [5.74, 6) is 0.422. The normalized spacial score (nSPS) is 16.6. The Kier molecular flexibility index (Phi) is 5.82. The van der Waals surface area contributed by atoms with Gasteiger partial charge in [-0.15, -0.1) is 17.7 Å². The maximum Gasteiger partial charge on any atom is 0.135 e. The molecular formula is C55H37N4Pt-3. The second kappa shape index (κ2) is 16.0. The van der Waals surface area contributed by atoms with Gasteiger partial charge >= 0.3 is 0 Å². The number of aromatic nitrogens is 2. The van der Waals surface area contributed by atoms with E-state index in [4.69, 9.17) is 20.6 Å². The van der Waals surface area contributed by atoms with Crippen LogP contribution in [0, 0.1) is 18.8 Å². The van der Waals surface area contributed by atoms with Crippen molar-refractivity contribution in [3.8, 4) is 39.2 Å². The number of hydrogen-bond donors (Lipinski definition) is 0. The van der Waals surface area contributed by atoms with Crippen LogP contribution >= 0.6 is 0 Å². The fourth-order valence-electron chi connectivity index (χ4n) is 7.52. The predicted octanol–water partition coefficient (Wildman–Crippen LogP) is 13.8. The van der Waals surface area contributed by atoms with E-state index in [0.29, 0.717) is 50.3 Å². The van der Waals surface area contributed by atoms with Crippen molar-refractivity contribution >= 4 is 44.6 Å². The molecule has 0 spiro atoms. The fraction of sp³-hybridized carbons (Fsp3) is 0.0182. The summed E-state index contributed by atoms with van der Waals surface area (Å²) in [6.07, 6.45) is 1.84. The number of hydrogen-bond acceptors (Lipinski definition) is 3. The third kappa shape index (κ3) is 6.69. The Morgan fingerprint density at radius 3 is 1.83 bits per heavy atom. The molecule has 1 aliphatic rings. The molecule has 0 saturated carbocycles. The van der Waals surface area contributed by atoms with Crippen LogP contribution in [0.3, 0.4) is 0 Å². The van der Waals surface area contributed by atoms with E-state index >= 15 is 0 Å². The Morgan fingerprint density at radius 2 is 1.15 bits per heavy atom. The van der Waals surface area contributed by atoms with Crippen LogP contribution in [-0.4, -0.2) is 9.55 Å². The second-order valence-corrected chi connectivity index (χ2v) is 13.5. The summed E-state index contributed by atoms with van der Waals surface area (Å²) in [7, 11) is 0. The molecule has 0 amide bonds. The van der Waals surface area contributed by atoms with E-state index in [9.17, 15) is 5.48 Å². The van der Waals surface area contributed by atoms with Crippen molar-refractivity contribution in [3.63, 3.8) is 0 Å². The molecule has 8 aromatic carbocycles. The topological polar surface area (TPSA) is 24.3 Å². The fourth-order valence-corrected chi connectivity index (χ4v) is 7.52. The largest absolute Gasteiger partial charge is 0.493 e. The van der Waals surface area contributed by atoms with Gasteiger partial charge in [0.2, 0.25) is 0 Å². The van der Waals surface area contributed by atoms with Crippen LogP contribution in [0.1, 0.15) is 37.2 Å². The van der Waals surface area contributed by atoms with E-state index in [2.05, 4.69) is 17.1 Å². The number of anilines is 4. The minimum absolute atomic E-state index is 0. The van der Waals surface area contributed by atoms with E-state index in [1.165, 1.54) is 12.1 Å². The summed E-state index contributed by atoms with van der Waals surface area (Å²) in [5, 5.41) is 0.860. The smallest absolute Gasteiger partial charge is 0.135 e. The Labute approximate surface area is 391 Å². The minimum atomic E-state index is -0.728. The molecule has 290 valence electrons. The number of fused-ring (bicyclic) bond motifs is 4. The van der Waals surface area contributed by atoms with Crippen molar-refractivity contribution in [2.45, 2.75) is 6.42 Å². The Morgan fingerprint density at radius 1 is 0.533 bits per heavy atom. The van der Waals surface area contributed by atoms with Gasteiger partial charge in [0.1, 0.15) is 5.82 Å². The van der Waals surface area contributed by atoms with E-state index in [1.807, 2.05) is 12.1 Å². The van der Waals surface area contributed by atoms with Crippen LogP contribution in [0.15, 0.2) is 206 Å². The molecule has 0 unspecified atom stereocenters. The van der Waals surface area contributed by atoms with Crippen LogP contribution in [0.4, 0.5) is 22.7 Å². The van der Waals surface area contributed by atoms with Gasteiger partial charge in [0, 0.05) is 61.0 Å². The molecular weight excluding hydrogens is 912 g/mol. The summed E-state index contributed by atoms with van der Waals surface area (Å²) in [5.41, 5.74) is 1.74. The van der Waals surface area contributed by atoms with Crippen molar-refractivity contribution in [3.05, 3.63) is 236 Å². The Bertz CT molecular complexity index is 4070. The van der Waals surface area contributed by atoms with Gasteiger partial charge in [-0.05, 0) is 76.5 Å². The van der Waals surface area contributed by atoms with Gasteiger partial charge in [-0.3, -0.25) is 0 Å². The number of para-hydroxylation sites is 3. The molecule has 10 aromatic rings. The van der Waals surface area contributed by atoms with Crippen LogP contribution in [0.5, 0.6) is 0 Å². The van der Waals surface area contributed by atoms with Crippen molar-refractivity contribution in [1.82, 2.24) is 9.55 Å². The van der Waals surface area contributed by atoms with Gasteiger partial charge in [-0.25, -0.2) is 4.98 Å². The van der Waals surface area contributed by atoms with Crippen LogP contribution in [0.2, 0.25) is 0 Å². The Hall–Kier alpha value is -7.00. The zero-order chi connectivity index (χ0) is 55.7. The summed E-state index contributed by atoms with van der Waals surface area (Å²) < 4.78 is 169. The summed E-state index contributed by atoms with van der Waals surface area (Å²) >= 11 is 0. The van der Waals surface area contributed by atoms with Gasteiger partial charge < -0.3 is 14.4 Å². The predicted molar refractivity (Wildman–Crippen MR) is 243 cm³/mol. The van der Waals surface area contributed by atoms with Gasteiger partial charge in [0.25, 0.3) is 0 Å². The molecule has 60 heavy (non-hydrogen) atoms. The molecule has 0 N–H and O–H groups in total. The quantitative estimate of drug-likeness (QED) is 0.142. The van der Waals surface area contributed by atoms with Crippen LogP contribution in [-0.2, 0) is 27.5 Å². The van der Waals surface area contributed by atoms with E-state index < -0.39 is 102 Å². The molecule has 0 saturated heterocycles. The molecule has 2 aromatic heterocycles. The first kappa shape index (κ1) is 21.8. The summed E-state index contributed by atoms with van der Waals surface area (Å²) in [6, 6.07) is 19.2. The number of nitrogens with zero attached hydrogens (tertiary/aromatic N) is 4. The van der Waals surface area contributed by atoms with E-state index in [-0.39, 0.29) is 85.1 Å². The molecule has 1 aliphatic heterocycles. The first-order chi connectivity index (χ1) is 37.1. The van der Waals surface area contributed by atoms with Crippen LogP contribution < -0.4 is 9.80 Å². The van der Waals surface area contributed by atoms with Gasteiger partial charge in [0.15, 0.2) is 0 Å². The van der Waals surface area contributed by atoms with E-state index in [0.717, 1.165) is 0 Å². The molecule has 0 radical (unpaired) electrons. The maximum absolute atomic E-state index is 9.28. The third-order valence-corrected chi connectivity index (χ3v) is 10.0. The molecule has 5 heteroatoms. The first-order valence-corrected chi connectivity index (χ1v) is 18.4. The monoisotopic (exact) mass is 967 g/mol. The second-order valence-electron chi connectivity index (χ2n) is 13.5. The minimum Gasteiger partial charge on any atom is -0.493 e. The molecule has 0 aliphatic carbocycles. The molecule has 0 bridgehead atoms. The van der Waals surface area contributed by atoms with Gasteiger partial charge in [-0.2, -0.15) is 53.6 Å².